The molecule has 0 atom stereocenters. The molecule has 212 valence electrons. The number of para-hydroxylation sites is 1. The molecule has 38 heavy (non-hydrogen) atoms. The number of benzene rings is 2. The quantitative estimate of drug-likeness (QED) is 0.195. The standard InChI is InChI=1S/C18H6F15NO.2ClH.Ti/c19-14(20,21)8-9(15(22,23)24)11(17(28,29)30)13(34-5-6-3-1-2-4-7(6)35)12(18(31,32)33)10(8)16(25,26)27;;;/h1-5,35H;2*1H;/q;;;+2/p-2. The van der Waals surface area contributed by atoms with Crippen LogP contribution in [0.5, 0.6) is 5.75 Å². The molecule has 0 unspecified atom stereocenters. The van der Waals surface area contributed by atoms with E-state index >= 15 is 0 Å². The zero-order valence-electron chi connectivity index (χ0n) is 17.2. The van der Waals surface area contributed by atoms with Gasteiger partial charge in [-0.2, -0.15) is 65.9 Å². The van der Waals surface area contributed by atoms with Gasteiger partial charge in [0.1, 0.15) is 5.75 Å². The van der Waals surface area contributed by atoms with Gasteiger partial charge in [-0.3, -0.25) is 4.99 Å². The molecule has 0 aliphatic carbocycles. The summed E-state index contributed by atoms with van der Waals surface area (Å²) in [4.78, 5) is 2.45. The fraction of sp³-hybridized carbons (Fsp3) is 0.278. The maximum atomic E-state index is 13.6. The first kappa shape index (κ1) is 34.2. The summed E-state index contributed by atoms with van der Waals surface area (Å²) in [7, 11) is 9.78. The molecule has 2 aromatic rings. The molecule has 1 N–H and O–H groups in total. The normalized spacial score (nSPS) is 13.4. The van der Waals surface area contributed by atoms with Crippen LogP contribution in [0.25, 0.3) is 0 Å². The van der Waals surface area contributed by atoms with Crippen LogP contribution < -0.4 is 0 Å². The summed E-state index contributed by atoms with van der Waals surface area (Å²) < 4.78 is 202. The van der Waals surface area contributed by atoms with Crippen molar-refractivity contribution >= 4 is 30.5 Å². The van der Waals surface area contributed by atoms with Crippen molar-refractivity contribution in [3.63, 3.8) is 0 Å². The van der Waals surface area contributed by atoms with E-state index < -0.39 is 92.7 Å². The van der Waals surface area contributed by atoms with Gasteiger partial charge in [-0.1, -0.05) is 12.1 Å². The monoisotopic (exact) mass is 655 g/mol. The Morgan fingerprint density at radius 3 is 1.16 bits per heavy atom. The van der Waals surface area contributed by atoms with Crippen molar-refractivity contribution in [1.82, 2.24) is 0 Å². The fourth-order valence-corrected chi connectivity index (χ4v) is 3.00. The number of aliphatic imine (C=N–C) groups is 1. The van der Waals surface area contributed by atoms with Crippen LogP contribution in [-0.2, 0) is 47.9 Å². The van der Waals surface area contributed by atoms with Gasteiger partial charge in [0, 0.05) is 11.8 Å². The van der Waals surface area contributed by atoms with E-state index in [1.54, 1.807) is 0 Å². The Kier molecular flexibility index (Phi) is 10.5. The number of hydrogen-bond donors (Lipinski definition) is 1. The van der Waals surface area contributed by atoms with Crippen molar-refractivity contribution in [3.05, 3.63) is 57.6 Å². The third kappa shape index (κ3) is 8.08. The van der Waals surface area contributed by atoms with Gasteiger partial charge in [0.05, 0.1) is 33.5 Å². The minimum absolute atomic E-state index is 0.164. The molecule has 0 spiro atoms. The molecule has 0 aliphatic heterocycles. The summed E-state index contributed by atoms with van der Waals surface area (Å²) >= 11 is -0.556. The molecule has 0 aromatic heterocycles. The molecule has 0 saturated carbocycles. The van der Waals surface area contributed by atoms with Crippen LogP contribution in [0, 0.1) is 0 Å². The summed E-state index contributed by atoms with van der Waals surface area (Å²) in [6, 6.07) is 3.56. The molecule has 2 aromatic carbocycles. The van der Waals surface area contributed by atoms with Crippen LogP contribution in [0.1, 0.15) is 33.4 Å². The number of alkyl halides is 15. The Bertz CT molecular complexity index is 1110. The predicted molar refractivity (Wildman–Crippen MR) is 98.5 cm³/mol. The Labute approximate surface area is 217 Å². The fourth-order valence-electron chi connectivity index (χ4n) is 3.00. The van der Waals surface area contributed by atoms with E-state index in [0.29, 0.717) is 0 Å². The summed E-state index contributed by atoms with van der Waals surface area (Å²) in [6.45, 7) is 0. The number of halogens is 17. The molecular formula is C18H6Cl2F15NOTi. The topological polar surface area (TPSA) is 32.6 Å². The van der Waals surface area contributed by atoms with E-state index in [1.807, 2.05) is 0 Å². The van der Waals surface area contributed by atoms with E-state index in [0.717, 1.165) is 24.3 Å². The molecule has 0 saturated heterocycles. The second kappa shape index (κ2) is 11.7. The minimum atomic E-state index is -6.98. The third-order valence-electron chi connectivity index (χ3n) is 4.16. The molecule has 0 heterocycles. The molecular weight excluding hydrogens is 650 g/mol. The van der Waals surface area contributed by atoms with Gasteiger partial charge in [-0.25, -0.2) is 0 Å². The van der Waals surface area contributed by atoms with Gasteiger partial charge in [0.15, 0.2) is 0 Å². The molecule has 2 nitrogen and oxygen atoms in total. The van der Waals surface area contributed by atoms with Crippen molar-refractivity contribution < 1.29 is 88.0 Å². The van der Waals surface area contributed by atoms with Crippen LogP contribution in [0.3, 0.4) is 0 Å². The number of phenolic OH excluding ortho intramolecular Hbond substituents is 1. The summed E-state index contributed by atoms with van der Waals surface area (Å²) in [5, 5.41) is 9.52. The van der Waals surface area contributed by atoms with Crippen molar-refractivity contribution in [2.75, 3.05) is 0 Å². The first-order valence-corrected chi connectivity index (χ1v) is 13.1. The van der Waals surface area contributed by atoms with Crippen LogP contribution >= 0.6 is 18.6 Å². The molecule has 20 heteroatoms. The number of phenols is 1. The van der Waals surface area contributed by atoms with E-state index in [4.69, 9.17) is 18.6 Å². The molecule has 0 aliphatic rings. The molecule has 0 amide bonds. The SMILES string of the molecule is Oc1ccccc1C=Nc1c(C(F)(F)F)c(C(F)(F)F)c(C(F)(F)F)c(C(F)(F)F)c1C(F)(F)F.[Cl][Ti][Cl]. The van der Waals surface area contributed by atoms with Gasteiger partial charge < -0.3 is 5.11 Å². The average molecular weight is 656 g/mol. The molecule has 0 bridgehead atoms. The van der Waals surface area contributed by atoms with Crippen LogP contribution in [0.4, 0.5) is 71.5 Å². The molecule has 2 rings (SSSR count). The van der Waals surface area contributed by atoms with Crippen molar-refractivity contribution in [2.45, 2.75) is 30.9 Å². The zero-order chi connectivity index (χ0) is 30.1. The van der Waals surface area contributed by atoms with Crippen molar-refractivity contribution in [1.29, 1.82) is 0 Å². The van der Waals surface area contributed by atoms with Crippen LogP contribution in [-0.4, -0.2) is 11.3 Å². The summed E-state index contributed by atoms with van der Waals surface area (Å²) in [6.07, 6.45) is -34.3. The van der Waals surface area contributed by atoms with Gasteiger partial charge in [0.2, 0.25) is 0 Å². The summed E-state index contributed by atoms with van der Waals surface area (Å²) in [5.41, 5.74) is -23.7. The number of nitrogens with zero attached hydrogens (tertiary/aromatic N) is 1. The maximum absolute atomic E-state index is 13.6. The predicted octanol–water partition coefficient (Wildman–Crippen LogP) is 9.61. The second-order valence-corrected chi connectivity index (χ2v) is 9.18. The van der Waals surface area contributed by atoms with E-state index in [-0.39, 0.29) is 6.21 Å². The second-order valence-electron chi connectivity index (χ2n) is 6.60. The van der Waals surface area contributed by atoms with Crippen molar-refractivity contribution in [2.24, 2.45) is 4.99 Å². The average Bonchev–Trinajstić information content (AvgIpc) is 2.68. The van der Waals surface area contributed by atoms with E-state index in [9.17, 15) is 71.0 Å². The Morgan fingerprint density at radius 2 is 0.868 bits per heavy atom. The molecule has 0 fully saturated rings. The van der Waals surface area contributed by atoms with Crippen molar-refractivity contribution in [3.8, 4) is 5.75 Å². The molecule has 0 radical (unpaired) electrons. The number of rotatable bonds is 2. The summed E-state index contributed by atoms with van der Waals surface area (Å²) in [5.74, 6) is -0.933. The Hall–Kier alpha value is -1.85. The number of hydrogen-bond acceptors (Lipinski definition) is 2. The first-order chi connectivity index (χ1) is 16.9. The van der Waals surface area contributed by atoms with Crippen LogP contribution in [0.2, 0.25) is 0 Å². The van der Waals surface area contributed by atoms with Crippen LogP contribution in [0.15, 0.2) is 29.3 Å². The van der Waals surface area contributed by atoms with Gasteiger partial charge in [-0.15, -0.1) is 0 Å². The first-order valence-electron chi connectivity index (χ1n) is 8.78. The zero-order valence-corrected chi connectivity index (χ0v) is 20.3. The van der Waals surface area contributed by atoms with E-state index in [1.165, 1.54) is 0 Å². The van der Waals surface area contributed by atoms with Gasteiger partial charge >= 0.3 is 66.5 Å². The Morgan fingerprint density at radius 1 is 0.579 bits per heavy atom. The number of aromatic hydroxyl groups is 1. The third-order valence-corrected chi connectivity index (χ3v) is 4.16. The van der Waals surface area contributed by atoms with E-state index in [2.05, 4.69) is 4.99 Å². The van der Waals surface area contributed by atoms with Gasteiger partial charge in [-0.05, 0) is 12.1 Å². The van der Waals surface area contributed by atoms with Gasteiger partial charge in [0.25, 0.3) is 0 Å². The Balaban J connectivity index is 0.00000229.